The number of halogens is 3. The zero-order valence-electron chi connectivity index (χ0n) is 25.0. The maximum atomic E-state index is 13.2. The third kappa shape index (κ3) is 8.19. The highest BCUT2D eigenvalue weighted by molar-refractivity contribution is 6.04. The normalized spacial score (nSPS) is 19.6. The Morgan fingerprint density at radius 1 is 1.07 bits per heavy atom. The molecule has 2 N–H and O–H groups in total. The van der Waals surface area contributed by atoms with Crippen LogP contribution in [0.2, 0.25) is 0 Å². The van der Waals surface area contributed by atoms with E-state index in [0.29, 0.717) is 49.2 Å². The van der Waals surface area contributed by atoms with Gasteiger partial charge in [-0.2, -0.15) is 0 Å². The number of nitrogens with one attached hydrogen (secondary N) is 2. The van der Waals surface area contributed by atoms with Gasteiger partial charge in [-0.3, -0.25) is 19.8 Å². The first kappa shape index (κ1) is 31.6. The number of carbonyl (C=O) groups excluding carboxylic acids is 2. The average Bonchev–Trinajstić information content (AvgIpc) is 3.33. The summed E-state index contributed by atoms with van der Waals surface area (Å²) in [4.78, 5) is 37.4. The van der Waals surface area contributed by atoms with Gasteiger partial charge in [0.25, 0.3) is 5.91 Å². The van der Waals surface area contributed by atoms with E-state index >= 15 is 0 Å². The summed E-state index contributed by atoms with van der Waals surface area (Å²) in [7, 11) is 0. The first-order valence-electron chi connectivity index (χ1n) is 15.3. The van der Waals surface area contributed by atoms with Crippen LogP contribution in [0.3, 0.4) is 0 Å². The topological polar surface area (TPSA) is 111 Å². The number of aromatic nitrogens is 3. The van der Waals surface area contributed by atoms with E-state index in [2.05, 4.69) is 30.2 Å². The van der Waals surface area contributed by atoms with Crippen LogP contribution in [-0.2, 0) is 4.79 Å². The summed E-state index contributed by atoms with van der Waals surface area (Å²) in [5, 5.41) is 5.78. The molecule has 3 heterocycles. The Morgan fingerprint density at radius 3 is 2.52 bits per heavy atom. The minimum absolute atomic E-state index is 0.0146. The molecule has 5 rings (SSSR count). The lowest BCUT2D eigenvalue weighted by atomic mass is 9.85. The number of amides is 2. The van der Waals surface area contributed by atoms with Crippen LogP contribution in [0.4, 0.5) is 19.1 Å². The third-order valence-corrected chi connectivity index (χ3v) is 8.08. The summed E-state index contributed by atoms with van der Waals surface area (Å²) in [5.74, 6) is -0.507. The van der Waals surface area contributed by atoms with Gasteiger partial charge in [0.1, 0.15) is 17.9 Å². The lowest BCUT2D eigenvalue weighted by Gasteiger charge is -2.30. The van der Waals surface area contributed by atoms with Gasteiger partial charge in [0.15, 0.2) is 0 Å². The van der Waals surface area contributed by atoms with E-state index in [1.165, 1.54) is 31.4 Å². The van der Waals surface area contributed by atoms with Gasteiger partial charge in [-0.05, 0) is 83.7 Å². The maximum Gasteiger partial charge on any atom is 0.573 e. The first-order valence-corrected chi connectivity index (χ1v) is 15.3. The Balaban J connectivity index is 1.38. The molecule has 3 aromatic rings. The van der Waals surface area contributed by atoms with Crippen molar-refractivity contribution in [3.05, 3.63) is 42.1 Å². The molecular formula is C31H39F3N6O4. The summed E-state index contributed by atoms with van der Waals surface area (Å²) in [6.07, 6.45) is 3.04. The quantitative estimate of drug-likeness (QED) is 0.301. The maximum absolute atomic E-state index is 13.2. The van der Waals surface area contributed by atoms with Crippen LogP contribution in [0.25, 0.3) is 11.0 Å². The highest BCUT2D eigenvalue weighted by Gasteiger charge is 2.32. The van der Waals surface area contributed by atoms with Gasteiger partial charge in [0.05, 0.1) is 11.7 Å². The van der Waals surface area contributed by atoms with Crippen LogP contribution >= 0.6 is 0 Å². The van der Waals surface area contributed by atoms with Gasteiger partial charge in [-0.15, -0.1) is 13.2 Å². The number of pyridine rings is 1. The van der Waals surface area contributed by atoms with Gasteiger partial charge < -0.3 is 19.4 Å². The summed E-state index contributed by atoms with van der Waals surface area (Å²) < 4.78 is 50.2. The number of fused-ring (bicyclic) bond motifs is 1. The van der Waals surface area contributed by atoms with E-state index in [-0.39, 0.29) is 35.4 Å². The van der Waals surface area contributed by atoms with Crippen molar-refractivity contribution in [1.29, 1.82) is 0 Å². The third-order valence-electron chi connectivity index (χ3n) is 8.08. The number of hydrogen-bond acceptors (Lipinski definition) is 7. The van der Waals surface area contributed by atoms with Crippen molar-refractivity contribution in [3.63, 3.8) is 0 Å². The van der Waals surface area contributed by atoms with Crippen molar-refractivity contribution in [3.8, 4) is 11.6 Å². The fraction of sp³-hybridized carbons (Fsp3) is 0.548. The number of nitrogens with zero attached hydrogens (tertiary/aromatic N) is 4. The van der Waals surface area contributed by atoms with Crippen LogP contribution < -0.4 is 20.1 Å². The number of carbonyl (C=O) groups is 2. The highest BCUT2D eigenvalue weighted by Crippen LogP contribution is 2.37. The zero-order chi connectivity index (χ0) is 31.3. The van der Waals surface area contributed by atoms with Gasteiger partial charge in [0, 0.05) is 36.2 Å². The lowest BCUT2D eigenvalue weighted by Crippen LogP contribution is -2.37. The molecule has 2 aliphatic rings. The average molecular weight is 617 g/mol. The Morgan fingerprint density at radius 2 is 1.82 bits per heavy atom. The minimum Gasteiger partial charge on any atom is -0.476 e. The number of alkyl halides is 3. The second-order valence-corrected chi connectivity index (χ2v) is 11.8. The number of benzene rings is 1. The van der Waals surface area contributed by atoms with Crippen LogP contribution in [0, 0.1) is 5.92 Å². The number of anilines is 1. The summed E-state index contributed by atoms with van der Waals surface area (Å²) >= 11 is 0. The van der Waals surface area contributed by atoms with E-state index in [9.17, 15) is 22.8 Å². The van der Waals surface area contributed by atoms with E-state index in [1.54, 1.807) is 6.20 Å². The van der Waals surface area contributed by atoms with E-state index in [4.69, 9.17) is 4.74 Å². The van der Waals surface area contributed by atoms with Crippen molar-refractivity contribution in [2.75, 3.05) is 31.6 Å². The second kappa shape index (κ2) is 13.8. The molecular weight excluding hydrogens is 577 g/mol. The van der Waals surface area contributed by atoms with Gasteiger partial charge in [0.2, 0.25) is 17.7 Å². The standard InChI is InChI=1S/C31H39F3N6O4/c1-20(2)36-28(41)21-9-11-23(12-10-21)40-26-18-27(43-16-15-39-13-4-3-5-14-39)35-19-25(26)37-30(40)38-29(42)22-7-6-8-24(17-22)44-31(32,33)34/h6-8,17-21,23H,3-5,9-16H2,1-2H3,(H,36,41)(H,37,38,42). The van der Waals surface area contributed by atoms with Crippen molar-refractivity contribution in [2.45, 2.75) is 77.2 Å². The molecule has 0 spiro atoms. The summed E-state index contributed by atoms with van der Waals surface area (Å²) in [6.45, 7) is 7.29. The molecule has 1 aromatic carbocycles. The monoisotopic (exact) mass is 616 g/mol. The second-order valence-electron chi connectivity index (χ2n) is 11.8. The molecule has 2 fully saturated rings. The molecule has 44 heavy (non-hydrogen) atoms. The number of imidazole rings is 1. The molecule has 0 bridgehead atoms. The van der Waals surface area contributed by atoms with Gasteiger partial charge in [-0.25, -0.2) is 9.97 Å². The molecule has 1 aliphatic heterocycles. The smallest absolute Gasteiger partial charge is 0.476 e. The van der Waals surface area contributed by atoms with Gasteiger partial charge >= 0.3 is 6.36 Å². The van der Waals surface area contributed by atoms with Crippen molar-refractivity contribution >= 4 is 28.8 Å². The fourth-order valence-electron chi connectivity index (χ4n) is 5.99. The van der Waals surface area contributed by atoms with E-state index < -0.39 is 18.0 Å². The number of piperidine rings is 1. The van der Waals surface area contributed by atoms with E-state index in [1.807, 2.05) is 24.5 Å². The van der Waals surface area contributed by atoms with Crippen molar-refractivity contribution < 1.29 is 32.2 Å². The predicted molar refractivity (Wildman–Crippen MR) is 159 cm³/mol. The molecule has 1 aliphatic carbocycles. The molecule has 0 unspecified atom stereocenters. The molecule has 0 atom stereocenters. The lowest BCUT2D eigenvalue weighted by molar-refractivity contribution is -0.274. The molecule has 10 nitrogen and oxygen atoms in total. The zero-order valence-corrected chi connectivity index (χ0v) is 25.0. The predicted octanol–water partition coefficient (Wildman–Crippen LogP) is 5.70. The molecule has 1 saturated carbocycles. The number of ether oxygens (including phenoxy) is 2. The van der Waals surface area contributed by atoms with Crippen LogP contribution in [0.5, 0.6) is 11.6 Å². The van der Waals surface area contributed by atoms with Crippen LogP contribution in [0.1, 0.15) is 75.2 Å². The van der Waals surface area contributed by atoms with Crippen LogP contribution in [0.15, 0.2) is 36.5 Å². The summed E-state index contributed by atoms with van der Waals surface area (Å²) in [6, 6.07) is 6.67. The molecule has 238 valence electrons. The highest BCUT2D eigenvalue weighted by atomic mass is 19.4. The van der Waals surface area contributed by atoms with Gasteiger partial charge in [-0.1, -0.05) is 12.5 Å². The molecule has 1 saturated heterocycles. The molecule has 0 radical (unpaired) electrons. The fourth-order valence-corrected chi connectivity index (χ4v) is 5.99. The Kier molecular flexibility index (Phi) is 9.92. The van der Waals surface area contributed by atoms with E-state index in [0.717, 1.165) is 31.8 Å². The Labute approximate surface area is 254 Å². The number of likely N-dealkylation sites (tertiary alicyclic amines) is 1. The van der Waals surface area contributed by atoms with Crippen LogP contribution in [-0.4, -0.2) is 69.9 Å². The molecule has 2 aromatic heterocycles. The summed E-state index contributed by atoms with van der Waals surface area (Å²) in [5.41, 5.74) is 1.24. The first-order chi connectivity index (χ1) is 21.1. The molecule has 2 amide bonds. The van der Waals surface area contributed by atoms with Crippen molar-refractivity contribution in [1.82, 2.24) is 24.8 Å². The van der Waals surface area contributed by atoms with Crippen molar-refractivity contribution in [2.24, 2.45) is 5.92 Å². The minimum atomic E-state index is -4.88. The largest absolute Gasteiger partial charge is 0.573 e. The Hall–Kier alpha value is -3.87. The molecule has 13 heteroatoms. The SMILES string of the molecule is CC(C)NC(=O)C1CCC(n2c(NC(=O)c3cccc(OC(F)(F)F)c3)nc3cnc(OCCN4CCCCC4)cc32)CC1. The number of rotatable bonds is 10. The number of hydrogen-bond donors (Lipinski definition) is 2. The Bertz CT molecular complexity index is 1450.